The van der Waals surface area contributed by atoms with Crippen molar-refractivity contribution in [3.05, 3.63) is 59.4 Å². The molecule has 5 rings (SSSR count). The van der Waals surface area contributed by atoms with E-state index in [-0.39, 0.29) is 5.91 Å². The van der Waals surface area contributed by atoms with Crippen LogP contribution in [-0.2, 0) is 11.3 Å². The second-order valence-corrected chi connectivity index (χ2v) is 8.77. The Labute approximate surface area is 193 Å². The zero-order chi connectivity index (χ0) is 21.9. The first kappa shape index (κ1) is 21.0. The zero-order valence-corrected chi connectivity index (χ0v) is 18.7. The molecule has 4 aromatic rings. The Morgan fingerprint density at radius 2 is 1.81 bits per heavy atom. The minimum Gasteiger partial charge on any atom is -0.431 e. The third-order valence-electron chi connectivity index (χ3n) is 5.25. The van der Waals surface area contributed by atoms with Crippen molar-refractivity contribution < 1.29 is 13.7 Å². The number of benzene rings is 2. The molecule has 164 valence electrons. The predicted molar refractivity (Wildman–Crippen MR) is 121 cm³/mol. The molecular formula is C22H20ClN5O3S. The summed E-state index contributed by atoms with van der Waals surface area (Å²) in [6.45, 7) is 3.37. The minimum atomic E-state index is 0.0831. The molecule has 0 N–H and O–H groups in total. The van der Waals surface area contributed by atoms with Gasteiger partial charge in [0.15, 0.2) is 5.58 Å². The lowest BCUT2D eigenvalue weighted by molar-refractivity contribution is -0.130. The van der Waals surface area contributed by atoms with Crippen LogP contribution in [0.2, 0.25) is 5.02 Å². The third-order valence-corrected chi connectivity index (χ3v) is 6.31. The first-order valence-electron chi connectivity index (χ1n) is 10.2. The van der Waals surface area contributed by atoms with Crippen LogP contribution in [-0.4, -0.2) is 62.8 Å². The average Bonchev–Trinajstić information content (AvgIpc) is 3.45. The first-order valence-corrected chi connectivity index (χ1v) is 11.6. The molecule has 1 aliphatic rings. The highest BCUT2D eigenvalue weighted by atomic mass is 35.5. The Kier molecular flexibility index (Phi) is 6.11. The normalized spacial score (nSPS) is 14.8. The van der Waals surface area contributed by atoms with Gasteiger partial charge >= 0.3 is 0 Å². The van der Waals surface area contributed by atoms with Gasteiger partial charge in [-0.3, -0.25) is 9.69 Å². The molecule has 0 unspecified atom stereocenters. The van der Waals surface area contributed by atoms with Crippen molar-refractivity contribution in [2.45, 2.75) is 11.8 Å². The number of carbonyl (C=O) groups is 1. The average molecular weight is 470 g/mol. The number of piperazine rings is 1. The van der Waals surface area contributed by atoms with Crippen molar-refractivity contribution in [3.63, 3.8) is 0 Å². The van der Waals surface area contributed by atoms with Crippen LogP contribution in [0.1, 0.15) is 5.89 Å². The van der Waals surface area contributed by atoms with Gasteiger partial charge in [0.2, 0.25) is 17.6 Å². The van der Waals surface area contributed by atoms with Crippen molar-refractivity contribution in [1.82, 2.24) is 24.9 Å². The smallest absolute Gasteiger partial charge is 0.257 e. The summed E-state index contributed by atoms with van der Waals surface area (Å²) in [4.78, 5) is 25.6. The fraction of sp³-hybridized carbons (Fsp3) is 0.273. The van der Waals surface area contributed by atoms with Gasteiger partial charge in [0, 0.05) is 36.8 Å². The number of carbonyl (C=O) groups excluding carboxylic acids is 1. The molecule has 2 aromatic heterocycles. The predicted octanol–water partition coefficient (Wildman–Crippen LogP) is 3.97. The third kappa shape index (κ3) is 4.79. The van der Waals surface area contributed by atoms with E-state index in [1.165, 1.54) is 11.8 Å². The van der Waals surface area contributed by atoms with E-state index in [9.17, 15) is 4.79 Å². The Balaban J connectivity index is 1.10. The second kappa shape index (κ2) is 9.32. The van der Waals surface area contributed by atoms with Crippen LogP contribution in [0.25, 0.3) is 22.5 Å². The van der Waals surface area contributed by atoms with Gasteiger partial charge in [0.05, 0.1) is 12.3 Å². The quantitative estimate of drug-likeness (QED) is 0.392. The van der Waals surface area contributed by atoms with E-state index in [4.69, 9.17) is 20.5 Å². The fourth-order valence-electron chi connectivity index (χ4n) is 3.51. The molecular weight excluding hydrogens is 450 g/mol. The molecule has 1 amide bonds. The number of oxazole rings is 1. The van der Waals surface area contributed by atoms with Gasteiger partial charge in [-0.15, -0.1) is 0 Å². The molecule has 3 heterocycles. The number of nitrogens with zero attached hydrogens (tertiary/aromatic N) is 5. The van der Waals surface area contributed by atoms with Gasteiger partial charge in [0.25, 0.3) is 5.22 Å². The summed E-state index contributed by atoms with van der Waals surface area (Å²) in [7, 11) is 0. The maximum absolute atomic E-state index is 12.6. The molecule has 0 saturated carbocycles. The number of thioether (sulfide) groups is 1. The maximum Gasteiger partial charge on any atom is 0.257 e. The fourth-order valence-corrected chi connectivity index (χ4v) is 4.38. The number of para-hydroxylation sites is 2. The molecule has 8 nitrogen and oxygen atoms in total. The lowest BCUT2D eigenvalue weighted by Crippen LogP contribution is -2.48. The van der Waals surface area contributed by atoms with E-state index in [1.54, 1.807) is 12.1 Å². The van der Waals surface area contributed by atoms with E-state index < -0.39 is 0 Å². The number of halogens is 1. The lowest BCUT2D eigenvalue weighted by Gasteiger charge is -2.33. The molecule has 2 aromatic carbocycles. The van der Waals surface area contributed by atoms with Crippen molar-refractivity contribution >= 4 is 40.4 Å². The second-order valence-electron chi connectivity index (χ2n) is 7.41. The molecule has 0 bridgehead atoms. The lowest BCUT2D eigenvalue weighted by atomic mass is 10.2. The van der Waals surface area contributed by atoms with Crippen LogP contribution in [0.5, 0.6) is 0 Å². The van der Waals surface area contributed by atoms with Crippen molar-refractivity contribution in [3.8, 4) is 11.4 Å². The van der Waals surface area contributed by atoms with Crippen LogP contribution in [0.4, 0.5) is 0 Å². The minimum absolute atomic E-state index is 0.0831. The summed E-state index contributed by atoms with van der Waals surface area (Å²) in [5, 5.41) is 5.24. The van der Waals surface area contributed by atoms with E-state index in [0.717, 1.165) is 29.8 Å². The van der Waals surface area contributed by atoms with Gasteiger partial charge in [0.1, 0.15) is 5.52 Å². The number of rotatable bonds is 6. The molecule has 10 heteroatoms. The summed E-state index contributed by atoms with van der Waals surface area (Å²) in [6.07, 6.45) is 0. The number of amides is 1. The highest BCUT2D eigenvalue weighted by molar-refractivity contribution is 7.99. The summed E-state index contributed by atoms with van der Waals surface area (Å²) in [6, 6.07) is 14.9. The summed E-state index contributed by atoms with van der Waals surface area (Å²) in [5.41, 5.74) is 2.39. The molecule has 32 heavy (non-hydrogen) atoms. The van der Waals surface area contributed by atoms with Gasteiger partial charge in [-0.2, -0.15) is 4.98 Å². The Morgan fingerprint density at radius 1 is 1.03 bits per heavy atom. The van der Waals surface area contributed by atoms with Crippen LogP contribution >= 0.6 is 23.4 Å². The van der Waals surface area contributed by atoms with E-state index in [0.29, 0.717) is 47.3 Å². The van der Waals surface area contributed by atoms with Crippen molar-refractivity contribution in [1.29, 1.82) is 0 Å². The molecule has 0 atom stereocenters. The van der Waals surface area contributed by atoms with E-state index in [2.05, 4.69) is 20.0 Å². The Morgan fingerprint density at radius 3 is 2.59 bits per heavy atom. The van der Waals surface area contributed by atoms with Crippen LogP contribution in [0, 0.1) is 0 Å². The topological polar surface area (TPSA) is 88.5 Å². The molecule has 0 spiro atoms. The van der Waals surface area contributed by atoms with Crippen LogP contribution < -0.4 is 0 Å². The van der Waals surface area contributed by atoms with Gasteiger partial charge in [-0.1, -0.05) is 40.7 Å². The molecule has 1 fully saturated rings. The number of hydrogen-bond donors (Lipinski definition) is 0. The van der Waals surface area contributed by atoms with Gasteiger partial charge in [-0.25, -0.2) is 4.98 Å². The molecule has 0 aliphatic carbocycles. The number of hydrogen-bond acceptors (Lipinski definition) is 8. The van der Waals surface area contributed by atoms with Gasteiger partial charge < -0.3 is 13.8 Å². The summed E-state index contributed by atoms with van der Waals surface area (Å²) >= 11 is 7.26. The Bertz CT molecular complexity index is 1180. The molecule has 0 radical (unpaired) electrons. The summed E-state index contributed by atoms with van der Waals surface area (Å²) in [5.74, 6) is 1.49. The standard InChI is InChI=1S/C22H20ClN5O3S/c23-16-7-5-15(6-8-16)21-25-19(31-26-21)13-27-9-11-28(12-10-27)20(29)14-32-22-24-17-3-1-2-4-18(17)30-22/h1-8H,9-14H2. The highest BCUT2D eigenvalue weighted by Crippen LogP contribution is 2.24. The zero-order valence-electron chi connectivity index (χ0n) is 17.1. The largest absolute Gasteiger partial charge is 0.431 e. The SMILES string of the molecule is O=C(CSc1nc2ccccc2o1)N1CCN(Cc2nc(-c3ccc(Cl)cc3)no2)CC1. The van der Waals surface area contributed by atoms with E-state index >= 15 is 0 Å². The molecule has 1 aliphatic heterocycles. The summed E-state index contributed by atoms with van der Waals surface area (Å²) < 4.78 is 11.1. The Hall–Kier alpha value is -2.88. The number of aromatic nitrogens is 3. The van der Waals surface area contributed by atoms with Gasteiger partial charge in [-0.05, 0) is 36.4 Å². The number of fused-ring (bicyclic) bond motifs is 1. The maximum atomic E-state index is 12.6. The van der Waals surface area contributed by atoms with Crippen LogP contribution in [0.15, 0.2) is 62.7 Å². The van der Waals surface area contributed by atoms with Crippen molar-refractivity contribution in [2.75, 3.05) is 31.9 Å². The first-order chi connectivity index (χ1) is 15.6. The van der Waals surface area contributed by atoms with Crippen LogP contribution in [0.3, 0.4) is 0 Å². The van der Waals surface area contributed by atoms with Crippen molar-refractivity contribution in [2.24, 2.45) is 0 Å². The monoisotopic (exact) mass is 469 g/mol. The molecule has 1 saturated heterocycles. The van der Waals surface area contributed by atoms with E-state index in [1.807, 2.05) is 41.3 Å². The highest BCUT2D eigenvalue weighted by Gasteiger charge is 2.23.